The molecule has 0 aliphatic carbocycles. The lowest BCUT2D eigenvalue weighted by Gasteiger charge is -2.18. The molecule has 1 aliphatic heterocycles. The number of benzene rings is 2. The summed E-state index contributed by atoms with van der Waals surface area (Å²) in [5.74, 6) is 0.776. The molecule has 112 valence electrons. The maximum atomic E-state index is 12.3. The highest BCUT2D eigenvalue weighted by Crippen LogP contribution is 2.29. The van der Waals surface area contributed by atoms with Gasteiger partial charge in [-0.15, -0.1) is 11.8 Å². The summed E-state index contributed by atoms with van der Waals surface area (Å²) < 4.78 is 5.28. The summed E-state index contributed by atoms with van der Waals surface area (Å²) in [6.07, 6.45) is 0. The van der Waals surface area contributed by atoms with Crippen LogP contribution in [0.3, 0.4) is 0 Å². The Bertz CT molecular complexity index is 725. The number of anilines is 1. The molecule has 2 aromatic carbocycles. The number of hydrogen-bond donors (Lipinski definition) is 1. The number of amides is 1. The van der Waals surface area contributed by atoms with Gasteiger partial charge in [0.1, 0.15) is 5.75 Å². The molecule has 0 aromatic heterocycles. The van der Waals surface area contributed by atoms with E-state index in [1.807, 2.05) is 31.2 Å². The average molecular weight is 313 g/mol. The molecule has 0 atom stereocenters. The van der Waals surface area contributed by atoms with Crippen molar-refractivity contribution in [3.63, 3.8) is 0 Å². The molecule has 4 nitrogen and oxygen atoms in total. The summed E-state index contributed by atoms with van der Waals surface area (Å²) in [5.41, 5.74) is 2.33. The van der Waals surface area contributed by atoms with Crippen LogP contribution in [0.15, 0.2) is 47.4 Å². The second kappa shape index (κ2) is 6.23. The Morgan fingerprint density at radius 3 is 2.77 bits per heavy atom. The van der Waals surface area contributed by atoms with Crippen LogP contribution >= 0.6 is 11.8 Å². The zero-order valence-electron chi connectivity index (χ0n) is 12.1. The van der Waals surface area contributed by atoms with Gasteiger partial charge in [0.15, 0.2) is 12.4 Å². The standard InChI is InChI=1S/C17H15NO3S/c1-11-2-5-13(6-3-11)22-10-15(19)12-4-7-16-14(8-12)18-17(20)9-21-16/h2-8H,9-10H2,1H3,(H,18,20). The third-order valence-corrected chi connectivity index (χ3v) is 4.34. The Morgan fingerprint density at radius 2 is 2.00 bits per heavy atom. The van der Waals surface area contributed by atoms with E-state index in [1.54, 1.807) is 18.2 Å². The molecule has 0 bridgehead atoms. The van der Waals surface area contributed by atoms with E-state index in [9.17, 15) is 9.59 Å². The number of carbonyl (C=O) groups excluding carboxylic acids is 2. The van der Waals surface area contributed by atoms with Gasteiger partial charge in [-0.25, -0.2) is 0 Å². The summed E-state index contributed by atoms with van der Waals surface area (Å²) >= 11 is 1.50. The molecule has 1 heterocycles. The molecule has 0 saturated carbocycles. The lowest BCUT2D eigenvalue weighted by Crippen LogP contribution is -2.25. The van der Waals surface area contributed by atoms with E-state index in [1.165, 1.54) is 17.3 Å². The van der Waals surface area contributed by atoms with Crippen molar-refractivity contribution >= 4 is 29.1 Å². The molecule has 5 heteroatoms. The molecule has 0 fully saturated rings. The van der Waals surface area contributed by atoms with Crippen LogP contribution in [0, 0.1) is 6.92 Å². The van der Waals surface area contributed by atoms with E-state index in [-0.39, 0.29) is 18.3 Å². The number of thioether (sulfide) groups is 1. The number of ketones is 1. The third kappa shape index (κ3) is 3.31. The molecule has 0 radical (unpaired) electrons. The highest BCUT2D eigenvalue weighted by atomic mass is 32.2. The first-order valence-corrected chi connectivity index (χ1v) is 7.90. The lowest BCUT2D eigenvalue weighted by molar-refractivity contribution is -0.118. The van der Waals surface area contributed by atoms with Crippen LogP contribution in [0.1, 0.15) is 15.9 Å². The molecule has 0 saturated heterocycles. The summed E-state index contributed by atoms with van der Waals surface area (Å²) in [6, 6.07) is 13.2. The summed E-state index contributed by atoms with van der Waals surface area (Å²) in [7, 11) is 0. The fourth-order valence-electron chi connectivity index (χ4n) is 2.12. The van der Waals surface area contributed by atoms with Gasteiger partial charge in [0.25, 0.3) is 5.91 Å². The Hall–Kier alpha value is -2.27. The van der Waals surface area contributed by atoms with Crippen molar-refractivity contribution in [3.8, 4) is 5.75 Å². The molecule has 1 aliphatic rings. The number of hydrogen-bond acceptors (Lipinski definition) is 4. The number of fused-ring (bicyclic) bond motifs is 1. The summed E-state index contributed by atoms with van der Waals surface area (Å²) in [5, 5.41) is 2.71. The van der Waals surface area contributed by atoms with Crippen LogP contribution in [-0.2, 0) is 4.79 Å². The predicted octanol–water partition coefficient (Wildman–Crippen LogP) is 3.30. The smallest absolute Gasteiger partial charge is 0.262 e. The Morgan fingerprint density at radius 1 is 1.23 bits per heavy atom. The number of carbonyl (C=O) groups is 2. The fraction of sp³-hybridized carbons (Fsp3) is 0.176. The van der Waals surface area contributed by atoms with Crippen molar-refractivity contribution in [3.05, 3.63) is 53.6 Å². The van der Waals surface area contributed by atoms with Gasteiger partial charge in [-0.1, -0.05) is 17.7 Å². The van der Waals surface area contributed by atoms with Crippen molar-refractivity contribution in [2.75, 3.05) is 17.7 Å². The van der Waals surface area contributed by atoms with Gasteiger partial charge in [0.05, 0.1) is 11.4 Å². The Labute approximate surface area is 132 Å². The van der Waals surface area contributed by atoms with Crippen LogP contribution < -0.4 is 10.1 Å². The first kappa shape index (κ1) is 14.7. The van der Waals surface area contributed by atoms with Crippen LogP contribution in [0.4, 0.5) is 5.69 Å². The minimum Gasteiger partial charge on any atom is -0.482 e. The van der Waals surface area contributed by atoms with E-state index in [2.05, 4.69) is 5.32 Å². The van der Waals surface area contributed by atoms with E-state index in [0.29, 0.717) is 22.8 Å². The molecule has 22 heavy (non-hydrogen) atoms. The number of aryl methyl sites for hydroxylation is 1. The van der Waals surface area contributed by atoms with Gasteiger partial charge in [0.2, 0.25) is 0 Å². The van der Waals surface area contributed by atoms with Crippen molar-refractivity contribution in [2.24, 2.45) is 0 Å². The first-order chi connectivity index (χ1) is 10.6. The molecule has 0 spiro atoms. The molecular weight excluding hydrogens is 298 g/mol. The van der Waals surface area contributed by atoms with Gasteiger partial charge in [-0.2, -0.15) is 0 Å². The van der Waals surface area contributed by atoms with Gasteiger partial charge in [0, 0.05) is 10.5 Å². The molecule has 1 N–H and O–H groups in total. The zero-order valence-corrected chi connectivity index (χ0v) is 12.9. The fourth-order valence-corrected chi connectivity index (χ4v) is 2.92. The van der Waals surface area contributed by atoms with Gasteiger partial charge in [-0.05, 0) is 37.3 Å². The van der Waals surface area contributed by atoms with E-state index in [4.69, 9.17) is 4.74 Å². The normalized spacial score (nSPS) is 13.0. The predicted molar refractivity (Wildman–Crippen MR) is 86.8 cm³/mol. The minimum absolute atomic E-state index is 0.0174. The van der Waals surface area contributed by atoms with Crippen LogP contribution in [0.5, 0.6) is 5.75 Å². The van der Waals surface area contributed by atoms with Crippen molar-refractivity contribution in [1.29, 1.82) is 0 Å². The van der Waals surface area contributed by atoms with E-state index >= 15 is 0 Å². The van der Waals surface area contributed by atoms with Crippen molar-refractivity contribution < 1.29 is 14.3 Å². The van der Waals surface area contributed by atoms with Crippen LogP contribution in [0.2, 0.25) is 0 Å². The van der Waals surface area contributed by atoms with Gasteiger partial charge < -0.3 is 10.1 Å². The first-order valence-electron chi connectivity index (χ1n) is 6.91. The Kier molecular flexibility index (Phi) is 4.15. The SMILES string of the molecule is Cc1ccc(SCC(=O)c2ccc3c(c2)NC(=O)CO3)cc1. The minimum atomic E-state index is -0.203. The number of Topliss-reactive ketones (excluding diaryl/α,β-unsaturated/α-hetero) is 1. The molecule has 3 rings (SSSR count). The lowest BCUT2D eigenvalue weighted by atomic mass is 10.1. The van der Waals surface area contributed by atoms with E-state index < -0.39 is 0 Å². The maximum Gasteiger partial charge on any atom is 0.262 e. The zero-order chi connectivity index (χ0) is 15.5. The van der Waals surface area contributed by atoms with E-state index in [0.717, 1.165) is 4.90 Å². The highest BCUT2D eigenvalue weighted by molar-refractivity contribution is 8.00. The summed E-state index contributed by atoms with van der Waals surface area (Å²) in [4.78, 5) is 24.7. The van der Waals surface area contributed by atoms with Crippen molar-refractivity contribution in [2.45, 2.75) is 11.8 Å². The average Bonchev–Trinajstić information content (AvgIpc) is 2.53. The van der Waals surface area contributed by atoms with Crippen molar-refractivity contribution in [1.82, 2.24) is 0 Å². The van der Waals surface area contributed by atoms with Crippen LogP contribution in [-0.4, -0.2) is 24.1 Å². The third-order valence-electron chi connectivity index (χ3n) is 3.33. The number of ether oxygens (including phenoxy) is 1. The maximum absolute atomic E-state index is 12.3. The number of nitrogens with one attached hydrogen (secondary N) is 1. The quantitative estimate of drug-likeness (QED) is 0.695. The molecular formula is C17H15NO3S. The Balaban J connectivity index is 1.68. The highest BCUT2D eigenvalue weighted by Gasteiger charge is 2.17. The van der Waals surface area contributed by atoms with Gasteiger partial charge >= 0.3 is 0 Å². The topological polar surface area (TPSA) is 55.4 Å². The molecule has 0 unspecified atom stereocenters. The largest absolute Gasteiger partial charge is 0.482 e. The van der Waals surface area contributed by atoms with Gasteiger partial charge in [-0.3, -0.25) is 9.59 Å². The molecule has 1 amide bonds. The second-order valence-electron chi connectivity index (χ2n) is 5.07. The van der Waals surface area contributed by atoms with Crippen LogP contribution in [0.25, 0.3) is 0 Å². The number of rotatable bonds is 4. The summed E-state index contributed by atoms with van der Waals surface area (Å²) in [6.45, 7) is 2.05. The molecule has 2 aromatic rings. The second-order valence-corrected chi connectivity index (χ2v) is 6.12. The monoisotopic (exact) mass is 313 g/mol.